The Bertz CT molecular complexity index is 392. The number of rotatable bonds is 4. The molecular formula is C15H24N2. The van der Waals surface area contributed by atoms with Crippen LogP contribution in [0, 0.1) is 26.7 Å². The van der Waals surface area contributed by atoms with Crippen molar-refractivity contribution in [1.82, 2.24) is 5.32 Å². The summed E-state index contributed by atoms with van der Waals surface area (Å²) in [6.45, 7) is 8.70. The van der Waals surface area contributed by atoms with E-state index in [2.05, 4.69) is 38.2 Å². The minimum atomic E-state index is 0.463. The molecule has 1 aromatic carbocycles. The van der Waals surface area contributed by atoms with Gasteiger partial charge in [0.05, 0.1) is 0 Å². The van der Waals surface area contributed by atoms with Crippen molar-refractivity contribution in [2.75, 3.05) is 6.54 Å². The molecule has 1 saturated carbocycles. The van der Waals surface area contributed by atoms with Crippen LogP contribution in [-0.4, -0.2) is 12.6 Å². The number of nitrogens with two attached hydrogens (primary N) is 1. The molecule has 0 heterocycles. The maximum atomic E-state index is 5.78. The molecule has 0 bridgehead atoms. The first kappa shape index (κ1) is 12.6. The molecule has 0 radical (unpaired) electrons. The number of aryl methyl sites for hydroxylation is 1. The average molecular weight is 232 g/mol. The topological polar surface area (TPSA) is 38.0 Å². The monoisotopic (exact) mass is 232 g/mol. The van der Waals surface area contributed by atoms with Crippen LogP contribution < -0.4 is 11.1 Å². The van der Waals surface area contributed by atoms with E-state index < -0.39 is 0 Å². The van der Waals surface area contributed by atoms with Gasteiger partial charge in [-0.3, -0.25) is 0 Å². The van der Waals surface area contributed by atoms with Crippen LogP contribution >= 0.6 is 0 Å². The fourth-order valence-electron chi connectivity index (χ4n) is 2.57. The van der Waals surface area contributed by atoms with E-state index in [4.69, 9.17) is 5.73 Å². The van der Waals surface area contributed by atoms with E-state index in [-0.39, 0.29) is 0 Å². The zero-order valence-electron chi connectivity index (χ0n) is 11.2. The highest BCUT2D eigenvalue weighted by Crippen LogP contribution is 2.24. The Morgan fingerprint density at radius 1 is 1.18 bits per heavy atom. The summed E-state index contributed by atoms with van der Waals surface area (Å²) < 4.78 is 0. The lowest BCUT2D eigenvalue weighted by Crippen LogP contribution is -2.41. The third-order valence-electron chi connectivity index (χ3n) is 4.19. The van der Waals surface area contributed by atoms with Crippen LogP contribution in [0.2, 0.25) is 0 Å². The van der Waals surface area contributed by atoms with Crippen LogP contribution in [0.15, 0.2) is 12.1 Å². The van der Waals surface area contributed by atoms with Gasteiger partial charge in [0.25, 0.3) is 0 Å². The molecule has 1 fully saturated rings. The summed E-state index contributed by atoms with van der Waals surface area (Å²) in [6.07, 6.45) is 2.39. The molecule has 0 unspecified atom stereocenters. The van der Waals surface area contributed by atoms with E-state index in [0.717, 1.165) is 19.0 Å². The lowest BCUT2D eigenvalue weighted by Gasteiger charge is -2.32. The van der Waals surface area contributed by atoms with Gasteiger partial charge in [0, 0.05) is 12.6 Å². The second-order valence-corrected chi connectivity index (χ2v) is 5.52. The van der Waals surface area contributed by atoms with Crippen LogP contribution in [0.3, 0.4) is 0 Å². The van der Waals surface area contributed by atoms with E-state index in [1.54, 1.807) is 0 Å². The molecule has 2 rings (SSSR count). The van der Waals surface area contributed by atoms with Crippen molar-refractivity contribution in [3.8, 4) is 0 Å². The maximum absolute atomic E-state index is 5.78. The number of hydrogen-bond acceptors (Lipinski definition) is 2. The Kier molecular flexibility index (Phi) is 3.85. The van der Waals surface area contributed by atoms with Gasteiger partial charge in [-0.2, -0.15) is 0 Å². The lowest BCUT2D eigenvalue weighted by atomic mass is 9.81. The minimum Gasteiger partial charge on any atom is -0.328 e. The predicted octanol–water partition coefficient (Wildman–Crippen LogP) is 2.44. The summed E-state index contributed by atoms with van der Waals surface area (Å²) in [7, 11) is 0. The summed E-state index contributed by atoms with van der Waals surface area (Å²) in [6, 6.07) is 4.93. The molecule has 94 valence electrons. The molecule has 1 aliphatic carbocycles. The SMILES string of the molecule is Cc1ccc(CNCC2CC(N)C2)c(C)c1C. The van der Waals surface area contributed by atoms with E-state index in [1.165, 1.54) is 35.1 Å². The van der Waals surface area contributed by atoms with Crippen molar-refractivity contribution >= 4 is 0 Å². The van der Waals surface area contributed by atoms with E-state index in [1.807, 2.05) is 0 Å². The zero-order valence-corrected chi connectivity index (χ0v) is 11.2. The Morgan fingerprint density at radius 2 is 1.88 bits per heavy atom. The molecule has 1 aliphatic rings. The molecule has 0 aliphatic heterocycles. The zero-order chi connectivity index (χ0) is 12.4. The first-order valence-corrected chi connectivity index (χ1v) is 6.60. The second kappa shape index (κ2) is 5.19. The van der Waals surface area contributed by atoms with Crippen molar-refractivity contribution < 1.29 is 0 Å². The third kappa shape index (κ3) is 2.88. The van der Waals surface area contributed by atoms with E-state index >= 15 is 0 Å². The van der Waals surface area contributed by atoms with Gasteiger partial charge in [0.1, 0.15) is 0 Å². The summed E-state index contributed by atoms with van der Waals surface area (Å²) in [5, 5.41) is 3.56. The normalized spacial score (nSPS) is 23.5. The standard InChI is InChI=1S/C15H24N2/c1-10-4-5-14(12(3)11(10)2)9-17-8-13-6-15(16)7-13/h4-5,13,15,17H,6-9,16H2,1-3H3. The fourth-order valence-corrected chi connectivity index (χ4v) is 2.57. The summed E-state index contributed by atoms with van der Waals surface area (Å²) >= 11 is 0. The van der Waals surface area contributed by atoms with Gasteiger partial charge in [-0.25, -0.2) is 0 Å². The van der Waals surface area contributed by atoms with Gasteiger partial charge in [-0.05, 0) is 68.3 Å². The molecule has 0 atom stereocenters. The van der Waals surface area contributed by atoms with Crippen molar-refractivity contribution in [3.05, 3.63) is 34.4 Å². The molecule has 0 amide bonds. The molecule has 3 N–H and O–H groups in total. The van der Waals surface area contributed by atoms with Crippen LogP contribution in [0.1, 0.15) is 35.1 Å². The lowest BCUT2D eigenvalue weighted by molar-refractivity contribution is 0.256. The molecule has 0 aromatic heterocycles. The Balaban J connectivity index is 1.85. The Labute approximate surface area is 105 Å². The summed E-state index contributed by atoms with van der Waals surface area (Å²) in [4.78, 5) is 0. The van der Waals surface area contributed by atoms with E-state index in [9.17, 15) is 0 Å². The average Bonchev–Trinajstić information content (AvgIpc) is 2.26. The first-order chi connectivity index (χ1) is 8.08. The van der Waals surface area contributed by atoms with Crippen LogP contribution in [-0.2, 0) is 6.54 Å². The predicted molar refractivity (Wildman–Crippen MR) is 73.1 cm³/mol. The first-order valence-electron chi connectivity index (χ1n) is 6.60. The van der Waals surface area contributed by atoms with Gasteiger partial charge >= 0.3 is 0 Å². The van der Waals surface area contributed by atoms with Crippen molar-refractivity contribution in [1.29, 1.82) is 0 Å². The highest BCUT2D eigenvalue weighted by Gasteiger charge is 2.24. The largest absolute Gasteiger partial charge is 0.328 e. The highest BCUT2D eigenvalue weighted by atomic mass is 14.9. The van der Waals surface area contributed by atoms with Crippen LogP contribution in [0.4, 0.5) is 0 Å². The quantitative estimate of drug-likeness (QED) is 0.837. The van der Waals surface area contributed by atoms with Gasteiger partial charge in [0.2, 0.25) is 0 Å². The maximum Gasteiger partial charge on any atom is 0.0208 e. The molecule has 17 heavy (non-hydrogen) atoms. The highest BCUT2D eigenvalue weighted by molar-refractivity contribution is 5.38. The van der Waals surface area contributed by atoms with Gasteiger partial charge in [-0.15, -0.1) is 0 Å². The van der Waals surface area contributed by atoms with Crippen molar-refractivity contribution in [2.24, 2.45) is 11.7 Å². The van der Waals surface area contributed by atoms with Gasteiger partial charge in [-0.1, -0.05) is 12.1 Å². The Hall–Kier alpha value is -0.860. The second-order valence-electron chi connectivity index (χ2n) is 5.52. The molecular weight excluding hydrogens is 208 g/mol. The molecule has 2 heteroatoms. The van der Waals surface area contributed by atoms with E-state index in [0.29, 0.717) is 6.04 Å². The minimum absolute atomic E-state index is 0.463. The van der Waals surface area contributed by atoms with Gasteiger partial charge < -0.3 is 11.1 Å². The molecule has 0 spiro atoms. The number of hydrogen-bond donors (Lipinski definition) is 2. The Morgan fingerprint density at radius 3 is 2.53 bits per heavy atom. The fraction of sp³-hybridized carbons (Fsp3) is 0.600. The summed E-state index contributed by atoms with van der Waals surface area (Å²) in [5.41, 5.74) is 11.5. The smallest absolute Gasteiger partial charge is 0.0208 e. The molecule has 0 saturated heterocycles. The van der Waals surface area contributed by atoms with Crippen molar-refractivity contribution in [3.63, 3.8) is 0 Å². The van der Waals surface area contributed by atoms with Crippen LogP contribution in [0.25, 0.3) is 0 Å². The summed E-state index contributed by atoms with van der Waals surface area (Å²) in [5.74, 6) is 0.803. The number of benzene rings is 1. The molecule has 2 nitrogen and oxygen atoms in total. The van der Waals surface area contributed by atoms with Gasteiger partial charge in [0.15, 0.2) is 0 Å². The number of nitrogens with one attached hydrogen (secondary N) is 1. The van der Waals surface area contributed by atoms with Crippen LogP contribution in [0.5, 0.6) is 0 Å². The third-order valence-corrected chi connectivity index (χ3v) is 4.19. The van der Waals surface area contributed by atoms with Crippen molar-refractivity contribution in [2.45, 2.75) is 46.2 Å². The molecule has 1 aromatic rings.